The maximum Gasteiger partial charge on any atom is 0.268 e. The molecule has 116 valence electrons. The molecule has 2 heterocycles. The predicted octanol–water partition coefficient (Wildman–Crippen LogP) is 3.04. The van der Waals surface area contributed by atoms with E-state index in [0.29, 0.717) is 5.92 Å². The van der Waals surface area contributed by atoms with Crippen molar-refractivity contribution >= 4 is 21.6 Å². The number of nitrogens with zero attached hydrogens (tertiary/aromatic N) is 3. The molecule has 4 nitrogen and oxygen atoms in total. The maximum atomic E-state index is 12.4. The van der Waals surface area contributed by atoms with Gasteiger partial charge in [0.05, 0.1) is 18.4 Å². The van der Waals surface area contributed by atoms with Gasteiger partial charge >= 0.3 is 0 Å². The van der Waals surface area contributed by atoms with E-state index in [-0.39, 0.29) is 11.0 Å². The highest BCUT2D eigenvalue weighted by Crippen LogP contribution is 2.43. The third-order valence-electron chi connectivity index (χ3n) is 5.06. The Labute approximate surface area is 134 Å². The van der Waals surface area contributed by atoms with E-state index in [1.54, 1.807) is 10.7 Å². The van der Waals surface area contributed by atoms with E-state index in [0.717, 1.165) is 30.7 Å². The van der Waals surface area contributed by atoms with E-state index in [9.17, 15) is 4.79 Å². The summed E-state index contributed by atoms with van der Waals surface area (Å²) >= 11 is 3.60. The highest BCUT2D eigenvalue weighted by atomic mass is 79.9. The van der Waals surface area contributed by atoms with Gasteiger partial charge in [0.25, 0.3) is 5.56 Å². The Hall–Kier alpha value is -0.840. The Balaban J connectivity index is 1.75. The van der Waals surface area contributed by atoms with E-state index in [1.807, 2.05) is 6.20 Å². The molecule has 1 saturated heterocycles. The number of hydrogen-bond donors (Lipinski definition) is 0. The molecule has 2 fully saturated rings. The van der Waals surface area contributed by atoms with Crippen LogP contribution in [0, 0.1) is 11.3 Å². The number of piperidine rings is 1. The number of aromatic nitrogens is 2. The zero-order valence-electron chi connectivity index (χ0n) is 12.7. The van der Waals surface area contributed by atoms with Gasteiger partial charge in [0.15, 0.2) is 0 Å². The second kappa shape index (κ2) is 6.11. The minimum absolute atomic E-state index is 0.0398. The molecule has 1 aliphatic carbocycles. The first-order chi connectivity index (χ1) is 10.1. The summed E-state index contributed by atoms with van der Waals surface area (Å²) in [7, 11) is 0. The fourth-order valence-corrected chi connectivity index (χ4v) is 4.21. The summed E-state index contributed by atoms with van der Waals surface area (Å²) in [6.45, 7) is 5.10. The van der Waals surface area contributed by atoms with Crippen molar-refractivity contribution in [1.82, 2.24) is 9.78 Å². The summed E-state index contributed by atoms with van der Waals surface area (Å²) in [6.07, 6.45) is 8.02. The lowest BCUT2D eigenvalue weighted by Gasteiger charge is -2.40. The molecule has 5 heteroatoms. The van der Waals surface area contributed by atoms with Crippen LogP contribution in [0.5, 0.6) is 0 Å². The van der Waals surface area contributed by atoms with E-state index < -0.39 is 0 Å². The SMILES string of the molecule is CC1CCCN(c2cnn(CC3(CBr)CCC3)c(=O)c2)C1. The third kappa shape index (κ3) is 3.17. The van der Waals surface area contributed by atoms with E-state index in [1.165, 1.54) is 32.1 Å². The molecule has 1 saturated carbocycles. The van der Waals surface area contributed by atoms with Crippen LogP contribution in [0.1, 0.15) is 39.0 Å². The first-order valence-electron chi connectivity index (χ1n) is 8.00. The summed E-state index contributed by atoms with van der Waals surface area (Å²) in [5.74, 6) is 0.702. The Morgan fingerprint density at radius 1 is 1.43 bits per heavy atom. The first kappa shape index (κ1) is 15.1. The summed E-state index contributed by atoms with van der Waals surface area (Å²) in [6, 6.07) is 1.77. The van der Waals surface area contributed by atoms with Crippen molar-refractivity contribution in [3.8, 4) is 0 Å². The lowest BCUT2D eigenvalue weighted by molar-refractivity contribution is 0.131. The zero-order chi connectivity index (χ0) is 14.9. The van der Waals surface area contributed by atoms with Crippen molar-refractivity contribution in [2.45, 2.75) is 45.6 Å². The van der Waals surface area contributed by atoms with Gasteiger partial charge < -0.3 is 4.90 Å². The van der Waals surface area contributed by atoms with Crippen LogP contribution in [0.15, 0.2) is 17.1 Å². The van der Waals surface area contributed by atoms with Crippen molar-refractivity contribution in [3.05, 3.63) is 22.6 Å². The second-order valence-corrected chi connectivity index (χ2v) is 7.45. The summed E-state index contributed by atoms with van der Waals surface area (Å²) in [5.41, 5.74) is 1.28. The number of alkyl halides is 1. The summed E-state index contributed by atoms with van der Waals surface area (Å²) in [4.78, 5) is 14.7. The molecule has 21 heavy (non-hydrogen) atoms. The Bertz CT molecular complexity index is 547. The molecule has 1 atom stereocenters. The molecule has 1 aromatic heterocycles. The number of anilines is 1. The van der Waals surface area contributed by atoms with Crippen LogP contribution in [-0.2, 0) is 6.54 Å². The average Bonchev–Trinajstić information content (AvgIpc) is 2.44. The van der Waals surface area contributed by atoms with Crippen LogP contribution < -0.4 is 10.5 Å². The first-order valence-corrected chi connectivity index (χ1v) is 9.12. The van der Waals surface area contributed by atoms with Crippen molar-refractivity contribution < 1.29 is 0 Å². The number of halogens is 1. The van der Waals surface area contributed by atoms with Gasteiger partial charge in [0, 0.05) is 24.5 Å². The molecule has 0 amide bonds. The van der Waals surface area contributed by atoms with Crippen LogP contribution in [0.3, 0.4) is 0 Å². The molecular weight excluding hydrogens is 330 g/mol. The lowest BCUT2D eigenvalue weighted by Crippen LogP contribution is -2.40. The normalized spacial score (nSPS) is 24.7. The third-order valence-corrected chi connectivity index (χ3v) is 6.25. The van der Waals surface area contributed by atoms with Crippen molar-refractivity contribution in [2.24, 2.45) is 11.3 Å². The average molecular weight is 354 g/mol. The molecule has 0 N–H and O–H groups in total. The van der Waals surface area contributed by atoms with Gasteiger partial charge in [-0.3, -0.25) is 4.79 Å². The Morgan fingerprint density at radius 3 is 2.81 bits per heavy atom. The van der Waals surface area contributed by atoms with Crippen molar-refractivity contribution in [3.63, 3.8) is 0 Å². The smallest absolute Gasteiger partial charge is 0.268 e. The second-order valence-electron chi connectivity index (χ2n) is 6.89. The zero-order valence-corrected chi connectivity index (χ0v) is 14.3. The molecule has 2 aliphatic rings. The highest BCUT2D eigenvalue weighted by molar-refractivity contribution is 9.09. The van der Waals surface area contributed by atoms with Gasteiger partial charge in [-0.05, 0) is 37.0 Å². The molecule has 0 bridgehead atoms. The monoisotopic (exact) mass is 353 g/mol. The molecule has 0 spiro atoms. The molecule has 3 rings (SSSR count). The maximum absolute atomic E-state index is 12.4. The lowest BCUT2D eigenvalue weighted by atomic mass is 9.70. The van der Waals surface area contributed by atoms with Gasteiger partial charge in [0.1, 0.15) is 0 Å². The van der Waals surface area contributed by atoms with E-state index in [2.05, 4.69) is 32.9 Å². The van der Waals surface area contributed by atoms with Crippen LogP contribution in [0.25, 0.3) is 0 Å². The summed E-state index contributed by atoms with van der Waals surface area (Å²) < 4.78 is 1.65. The molecule has 0 radical (unpaired) electrons. The van der Waals surface area contributed by atoms with Gasteiger partial charge in [-0.15, -0.1) is 0 Å². The highest BCUT2D eigenvalue weighted by Gasteiger charge is 2.36. The van der Waals surface area contributed by atoms with Gasteiger partial charge in [0.2, 0.25) is 0 Å². The summed E-state index contributed by atoms with van der Waals surface area (Å²) in [5, 5.41) is 5.39. The van der Waals surface area contributed by atoms with Crippen LogP contribution in [-0.4, -0.2) is 28.2 Å². The largest absolute Gasteiger partial charge is 0.370 e. The van der Waals surface area contributed by atoms with Crippen LogP contribution in [0.4, 0.5) is 5.69 Å². The van der Waals surface area contributed by atoms with E-state index >= 15 is 0 Å². The Kier molecular flexibility index (Phi) is 4.38. The minimum atomic E-state index is 0.0398. The number of hydrogen-bond acceptors (Lipinski definition) is 3. The predicted molar refractivity (Wildman–Crippen MR) is 89.2 cm³/mol. The quantitative estimate of drug-likeness (QED) is 0.780. The fourth-order valence-electron chi connectivity index (χ4n) is 3.47. The van der Waals surface area contributed by atoms with Gasteiger partial charge in [-0.2, -0.15) is 5.10 Å². The topological polar surface area (TPSA) is 38.1 Å². The van der Waals surface area contributed by atoms with E-state index in [4.69, 9.17) is 0 Å². The standard InChI is InChI=1S/C16H24BrN3O/c1-13-4-2-7-19(10-13)14-8-15(21)20(18-9-14)12-16(11-17)5-3-6-16/h8-9,13H,2-7,10-12H2,1H3. The Morgan fingerprint density at radius 2 is 2.24 bits per heavy atom. The molecule has 0 aromatic carbocycles. The van der Waals surface area contributed by atoms with Crippen molar-refractivity contribution in [1.29, 1.82) is 0 Å². The fraction of sp³-hybridized carbons (Fsp3) is 0.750. The number of rotatable bonds is 4. The van der Waals surface area contributed by atoms with Crippen LogP contribution >= 0.6 is 15.9 Å². The van der Waals surface area contributed by atoms with Crippen molar-refractivity contribution in [2.75, 3.05) is 23.3 Å². The van der Waals surface area contributed by atoms with Crippen LogP contribution in [0.2, 0.25) is 0 Å². The molecular formula is C16H24BrN3O. The van der Waals surface area contributed by atoms with Gasteiger partial charge in [-0.1, -0.05) is 29.3 Å². The van der Waals surface area contributed by atoms with Gasteiger partial charge in [-0.25, -0.2) is 4.68 Å². The minimum Gasteiger partial charge on any atom is -0.370 e. The molecule has 1 aromatic rings. The molecule has 1 aliphatic heterocycles. The molecule has 1 unspecified atom stereocenters.